The van der Waals surface area contributed by atoms with Gasteiger partial charge >= 0.3 is 0 Å². The van der Waals surface area contributed by atoms with Crippen LogP contribution in [-0.4, -0.2) is 50.5 Å². The highest BCUT2D eigenvalue weighted by Crippen LogP contribution is 1.80. The summed E-state index contributed by atoms with van der Waals surface area (Å²) in [4.78, 5) is 4.14. The van der Waals surface area contributed by atoms with E-state index >= 15 is 0 Å². The van der Waals surface area contributed by atoms with Crippen LogP contribution in [0.5, 0.6) is 0 Å². The van der Waals surface area contributed by atoms with Gasteiger partial charge in [-0.2, -0.15) is 0 Å². The van der Waals surface area contributed by atoms with Crippen molar-refractivity contribution < 1.29 is 9.84 Å². The predicted molar refractivity (Wildman–Crippen MR) is 46.2 cm³/mol. The molecular formula is C7H15N3O2. The first-order valence-electron chi connectivity index (χ1n) is 4.14. The topological polar surface area (TPSA) is 65.9 Å². The summed E-state index contributed by atoms with van der Waals surface area (Å²) in [5, 5.41) is 14.5. The van der Waals surface area contributed by atoms with E-state index in [9.17, 15) is 0 Å². The summed E-state index contributed by atoms with van der Waals surface area (Å²) in [6, 6.07) is 0. The molecule has 0 saturated heterocycles. The van der Waals surface area contributed by atoms with Crippen molar-refractivity contribution in [3.05, 3.63) is 0 Å². The van der Waals surface area contributed by atoms with Crippen molar-refractivity contribution in [3.63, 3.8) is 0 Å². The van der Waals surface area contributed by atoms with Crippen LogP contribution in [0.25, 0.3) is 0 Å². The summed E-state index contributed by atoms with van der Waals surface area (Å²) < 4.78 is 5.05. The number of nitrogens with zero attached hydrogens (tertiary/aromatic N) is 1. The Hall–Kier alpha value is -0.810. The minimum Gasteiger partial charge on any atom is -0.394 e. The fourth-order valence-corrected chi connectivity index (χ4v) is 0.925. The molecule has 1 heterocycles. The number of ether oxygens (including phenoxy) is 1. The average molecular weight is 173 g/mol. The van der Waals surface area contributed by atoms with E-state index in [1.54, 1.807) is 0 Å². The van der Waals surface area contributed by atoms with Crippen LogP contribution in [0.3, 0.4) is 0 Å². The van der Waals surface area contributed by atoms with Crippen molar-refractivity contribution in [2.75, 3.05) is 39.5 Å². The normalized spacial score (nSPS) is 15.6. The number of hydrogen-bond donors (Lipinski definition) is 3. The van der Waals surface area contributed by atoms with Crippen molar-refractivity contribution in [1.29, 1.82) is 0 Å². The van der Waals surface area contributed by atoms with E-state index in [2.05, 4.69) is 15.6 Å². The average Bonchev–Trinajstić information content (AvgIpc) is 2.57. The number of rotatable bonds is 5. The molecule has 0 fully saturated rings. The van der Waals surface area contributed by atoms with Gasteiger partial charge in [-0.15, -0.1) is 0 Å². The van der Waals surface area contributed by atoms with Gasteiger partial charge in [0.25, 0.3) is 0 Å². The lowest BCUT2D eigenvalue weighted by Crippen LogP contribution is -2.35. The molecule has 0 aliphatic carbocycles. The summed E-state index contributed by atoms with van der Waals surface area (Å²) >= 11 is 0. The Morgan fingerprint density at radius 3 is 3.17 bits per heavy atom. The number of hydrogen-bond acceptors (Lipinski definition) is 5. The molecule has 0 saturated carbocycles. The van der Waals surface area contributed by atoms with Crippen LogP contribution in [0.1, 0.15) is 0 Å². The van der Waals surface area contributed by atoms with Gasteiger partial charge in [-0.1, -0.05) is 0 Å². The van der Waals surface area contributed by atoms with Crippen molar-refractivity contribution in [1.82, 2.24) is 10.6 Å². The van der Waals surface area contributed by atoms with Crippen LogP contribution in [-0.2, 0) is 4.74 Å². The zero-order valence-corrected chi connectivity index (χ0v) is 7.05. The SMILES string of the molecule is OCCOCCNC1=NCCN1. The van der Waals surface area contributed by atoms with Gasteiger partial charge in [-0.25, -0.2) is 0 Å². The second-order valence-electron chi connectivity index (χ2n) is 2.42. The van der Waals surface area contributed by atoms with Crippen LogP contribution >= 0.6 is 0 Å². The maximum atomic E-state index is 8.40. The molecular weight excluding hydrogens is 158 g/mol. The standard InChI is InChI=1S/C7H15N3O2/c11-4-6-12-5-3-10-7-8-1-2-9-7/h11H,1-6H2,(H2,8,9,10). The Bertz CT molecular complexity index is 150. The fourth-order valence-electron chi connectivity index (χ4n) is 0.925. The predicted octanol–water partition coefficient (Wildman–Crippen LogP) is -1.46. The van der Waals surface area contributed by atoms with Gasteiger partial charge in [0, 0.05) is 13.1 Å². The van der Waals surface area contributed by atoms with Crippen LogP contribution in [0.4, 0.5) is 0 Å². The van der Waals surface area contributed by atoms with Gasteiger partial charge in [-0.05, 0) is 0 Å². The molecule has 1 aliphatic rings. The third-order valence-corrected chi connectivity index (χ3v) is 1.45. The van der Waals surface area contributed by atoms with Gasteiger partial charge in [0.15, 0.2) is 5.96 Å². The van der Waals surface area contributed by atoms with E-state index < -0.39 is 0 Å². The molecule has 0 radical (unpaired) electrons. The van der Waals surface area contributed by atoms with E-state index in [-0.39, 0.29) is 6.61 Å². The van der Waals surface area contributed by atoms with E-state index in [0.717, 1.165) is 25.6 Å². The van der Waals surface area contributed by atoms with Gasteiger partial charge in [-0.3, -0.25) is 4.99 Å². The van der Waals surface area contributed by atoms with Crippen molar-refractivity contribution in [2.45, 2.75) is 0 Å². The molecule has 5 nitrogen and oxygen atoms in total. The largest absolute Gasteiger partial charge is 0.394 e. The molecule has 0 aromatic heterocycles. The molecule has 1 aliphatic heterocycles. The second kappa shape index (κ2) is 5.79. The summed E-state index contributed by atoms with van der Waals surface area (Å²) in [6.45, 7) is 3.58. The number of aliphatic hydroxyl groups excluding tert-OH is 1. The Balaban J connectivity index is 1.88. The molecule has 12 heavy (non-hydrogen) atoms. The molecule has 0 aromatic rings. The van der Waals surface area contributed by atoms with E-state index in [0.29, 0.717) is 13.2 Å². The van der Waals surface area contributed by atoms with E-state index in [1.165, 1.54) is 0 Å². The number of aliphatic hydroxyl groups is 1. The fraction of sp³-hybridized carbons (Fsp3) is 0.857. The van der Waals surface area contributed by atoms with Gasteiger partial charge in [0.1, 0.15) is 0 Å². The Labute approximate surface area is 71.8 Å². The van der Waals surface area contributed by atoms with Gasteiger partial charge < -0.3 is 20.5 Å². The lowest BCUT2D eigenvalue weighted by Gasteiger charge is -2.05. The van der Waals surface area contributed by atoms with E-state index in [1.807, 2.05) is 0 Å². The monoisotopic (exact) mass is 173 g/mol. The van der Waals surface area contributed by atoms with Crippen molar-refractivity contribution in [3.8, 4) is 0 Å². The smallest absolute Gasteiger partial charge is 0.191 e. The quantitative estimate of drug-likeness (QED) is 0.445. The summed E-state index contributed by atoms with van der Waals surface area (Å²) in [5.41, 5.74) is 0. The molecule has 0 unspecified atom stereocenters. The van der Waals surface area contributed by atoms with Gasteiger partial charge in [0.2, 0.25) is 0 Å². The number of aliphatic imine (C=N–C) groups is 1. The second-order valence-corrected chi connectivity index (χ2v) is 2.42. The molecule has 0 atom stereocenters. The zero-order valence-electron chi connectivity index (χ0n) is 7.05. The Kier molecular flexibility index (Phi) is 4.48. The first kappa shape index (κ1) is 9.28. The highest BCUT2D eigenvalue weighted by Gasteiger charge is 2.01. The van der Waals surface area contributed by atoms with Crippen molar-refractivity contribution in [2.24, 2.45) is 4.99 Å². The minimum atomic E-state index is 0.0825. The third-order valence-electron chi connectivity index (χ3n) is 1.45. The summed E-state index contributed by atoms with van der Waals surface area (Å²) in [5.74, 6) is 0.850. The van der Waals surface area contributed by atoms with Crippen LogP contribution < -0.4 is 10.6 Å². The lowest BCUT2D eigenvalue weighted by atomic mass is 10.6. The molecule has 0 bridgehead atoms. The maximum Gasteiger partial charge on any atom is 0.191 e. The lowest BCUT2D eigenvalue weighted by molar-refractivity contribution is 0.0958. The highest BCUT2D eigenvalue weighted by molar-refractivity contribution is 5.81. The molecule has 0 amide bonds. The molecule has 3 N–H and O–H groups in total. The van der Waals surface area contributed by atoms with Crippen LogP contribution in [0.15, 0.2) is 4.99 Å². The maximum absolute atomic E-state index is 8.40. The third kappa shape index (κ3) is 3.54. The molecule has 1 rings (SSSR count). The van der Waals surface area contributed by atoms with Gasteiger partial charge in [0.05, 0.1) is 26.4 Å². The first-order chi connectivity index (χ1) is 5.93. The number of nitrogens with one attached hydrogen (secondary N) is 2. The van der Waals surface area contributed by atoms with Crippen LogP contribution in [0, 0.1) is 0 Å². The summed E-state index contributed by atoms with van der Waals surface area (Å²) in [6.07, 6.45) is 0. The molecule has 5 heteroatoms. The summed E-state index contributed by atoms with van der Waals surface area (Å²) in [7, 11) is 0. The molecule has 0 aromatic carbocycles. The van der Waals surface area contributed by atoms with Crippen molar-refractivity contribution >= 4 is 5.96 Å². The Morgan fingerprint density at radius 2 is 2.50 bits per heavy atom. The van der Waals surface area contributed by atoms with E-state index in [4.69, 9.17) is 9.84 Å². The number of guanidine groups is 1. The molecule has 0 spiro atoms. The zero-order chi connectivity index (χ0) is 8.65. The highest BCUT2D eigenvalue weighted by atomic mass is 16.5. The first-order valence-corrected chi connectivity index (χ1v) is 4.14. The molecule has 70 valence electrons. The minimum absolute atomic E-state index is 0.0825. The van der Waals surface area contributed by atoms with Crippen LogP contribution in [0.2, 0.25) is 0 Å². The Morgan fingerprint density at radius 1 is 1.58 bits per heavy atom.